The number of morpholine rings is 1. The second-order valence-electron chi connectivity index (χ2n) is 11.1. The van der Waals surface area contributed by atoms with Crippen LogP contribution in [-0.4, -0.2) is 116 Å². The normalized spacial score (nSPS) is 19.9. The maximum Gasteiger partial charge on any atom is 0.349 e. The van der Waals surface area contributed by atoms with E-state index < -0.39 is 35.7 Å². The molecule has 0 bridgehead atoms. The molecule has 0 radical (unpaired) electrons. The minimum Gasteiger partial charge on any atom is -0.493 e. The fraction of sp³-hybridized carbons (Fsp3) is 0.394. The number of ether oxygens (including phenoxy) is 3. The van der Waals surface area contributed by atoms with Gasteiger partial charge in [0.1, 0.15) is 29.6 Å². The van der Waals surface area contributed by atoms with Crippen molar-refractivity contribution in [1.82, 2.24) is 15.1 Å². The van der Waals surface area contributed by atoms with Crippen molar-refractivity contribution in [3.63, 3.8) is 0 Å². The number of rotatable bonds is 12. The standard InChI is InChI=1S/C33H36IN3O10/c1-44-28-15-20(19-39)14-24(34)30(28)46-27-18-22(31(41)35-6-11-38)17-25(29(27)40)37(8-7-36-9-12-45-13-10-36)32(42)23-16-21-4-2-3-5-26(21)47-33(23)43/h2-5,14-16,18-19,25,27,29,38,40H,6-13,17H2,1H3,(H,35,41)/t25-,27+,29+/m1/s1. The molecule has 2 amide bonds. The number of nitrogens with zero attached hydrogens (tertiary/aromatic N) is 2. The van der Waals surface area contributed by atoms with Crippen LogP contribution in [0.4, 0.5) is 0 Å². The molecule has 1 aromatic heterocycles. The molecule has 13 nitrogen and oxygen atoms in total. The van der Waals surface area contributed by atoms with Gasteiger partial charge < -0.3 is 39.1 Å². The SMILES string of the molecule is COc1cc(C=O)cc(I)c1O[C@H]1C=C(C(=O)NCCO)C[C@@H](N(CCN2CCOCC2)C(=O)c2cc3ccccc3oc2=O)[C@@H]1O. The molecule has 14 heteroatoms. The summed E-state index contributed by atoms with van der Waals surface area (Å²) >= 11 is 1.99. The summed E-state index contributed by atoms with van der Waals surface area (Å²) in [7, 11) is 1.41. The zero-order chi connectivity index (χ0) is 33.5. The molecular formula is C33H36IN3O10. The molecule has 1 saturated heterocycles. The van der Waals surface area contributed by atoms with Crippen LogP contribution in [0.2, 0.25) is 0 Å². The molecule has 0 spiro atoms. The van der Waals surface area contributed by atoms with Gasteiger partial charge >= 0.3 is 5.63 Å². The predicted molar refractivity (Wildman–Crippen MR) is 179 cm³/mol. The van der Waals surface area contributed by atoms with Gasteiger partial charge in [-0.3, -0.25) is 19.3 Å². The maximum atomic E-state index is 14.3. The van der Waals surface area contributed by atoms with Gasteiger partial charge in [-0.15, -0.1) is 0 Å². The number of para-hydroxylation sites is 1. The summed E-state index contributed by atoms with van der Waals surface area (Å²) in [6.07, 6.45) is -0.433. The molecule has 3 N–H and O–H groups in total. The van der Waals surface area contributed by atoms with Crippen LogP contribution in [0.1, 0.15) is 27.1 Å². The average Bonchev–Trinajstić information content (AvgIpc) is 3.09. The van der Waals surface area contributed by atoms with Crippen molar-refractivity contribution in [2.75, 3.05) is 59.7 Å². The lowest BCUT2D eigenvalue weighted by molar-refractivity contribution is -0.118. The summed E-state index contributed by atoms with van der Waals surface area (Å²) in [5.41, 5.74) is -0.137. The monoisotopic (exact) mass is 761 g/mol. The Balaban J connectivity index is 1.55. The van der Waals surface area contributed by atoms with Crippen molar-refractivity contribution in [3.8, 4) is 11.5 Å². The summed E-state index contributed by atoms with van der Waals surface area (Å²) in [6, 6.07) is 10.4. The zero-order valence-electron chi connectivity index (χ0n) is 25.7. The number of halogens is 1. The number of fused-ring (bicyclic) bond motifs is 1. The van der Waals surface area contributed by atoms with E-state index in [4.69, 9.17) is 18.6 Å². The second kappa shape index (κ2) is 15.8. The Morgan fingerprint density at radius 2 is 1.96 bits per heavy atom. The first kappa shape index (κ1) is 34.5. The molecule has 47 heavy (non-hydrogen) atoms. The Kier molecular flexibility index (Phi) is 11.6. The minimum atomic E-state index is -1.36. The lowest BCUT2D eigenvalue weighted by Gasteiger charge is -2.41. The van der Waals surface area contributed by atoms with Gasteiger partial charge in [0.25, 0.3) is 5.91 Å². The zero-order valence-corrected chi connectivity index (χ0v) is 27.9. The van der Waals surface area contributed by atoms with Crippen molar-refractivity contribution >= 4 is 51.7 Å². The molecular weight excluding hydrogens is 725 g/mol. The average molecular weight is 762 g/mol. The molecule has 2 heterocycles. The lowest BCUT2D eigenvalue weighted by atomic mass is 9.87. The van der Waals surface area contributed by atoms with E-state index in [0.29, 0.717) is 59.2 Å². The number of nitrogens with one attached hydrogen (secondary N) is 1. The number of methoxy groups -OCH3 is 1. The van der Waals surface area contributed by atoms with E-state index in [9.17, 15) is 29.4 Å². The third-order valence-electron chi connectivity index (χ3n) is 8.15. The van der Waals surface area contributed by atoms with Crippen molar-refractivity contribution in [2.24, 2.45) is 0 Å². The topological polar surface area (TPSA) is 168 Å². The molecule has 1 aliphatic carbocycles. The number of benzene rings is 2. The Bertz CT molecular complexity index is 1700. The molecule has 250 valence electrons. The Hall–Kier alpha value is -3.83. The molecule has 1 aliphatic heterocycles. The first-order valence-electron chi connectivity index (χ1n) is 15.1. The molecule has 0 saturated carbocycles. The molecule has 2 aliphatic rings. The maximum absolute atomic E-state index is 14.3. The fourth-order valence-electron chi connectivity index (χ4n) is 5.70. The highest BCUT2D eigenvalue weighted by molar-refractivity contribution is 14.1. The van der Waals surface area contributed by atoms with Gasteiger partial charge in [0.15, 0.2) is 11.5 Å². The second-order valence-corrected chi connectivity index (χ2v) is 12.3. The highest BCUT2D eigenvalue weighted by Crippen LogP contribution is 2.37. The number of amides is 2. The third-order valence-corrected chi connectivity index (χ3v) is 8.95. The quantitative estimate of drug-likeness (QED) is 0.139. The highest BCUT2D eigenvalue weighted by atomic mass is 127. The summed E-state index contributed by atoms with van der Waals surface area (Å²) < 4.78 is 23.2. The Morgan fingerprint density at radius 3 is 2.68 bits per heavy atom. The minimum absolute atomic E-state index is 0.00833. The lowest BCUT2D eigenvalue weighted by Crippen LogP contribution is -2.57. The van der Waals surface area contributed by atoms with Crippen LogP contribution >= 0.6 is 22.6 Å². The van der Waals surface area contributed by atoms with Crippen molar-refractivity contribution in [2.45, 2.75) is 24.7 Å². The Labute approximate surface area is 284 Å². The van der Waals surface area contributed by atoms with E-state index >= 15 is 0 Å². The van der Waals surface area contributed by atoms with Crippen molar-refractivity contribution in [3.05, 3.63) is 79.2 Å². The summed E-state index contributed by atoms with van der Waals surface area (Å²) in [5.74, 6) is -0.702. The number of aliphatic hydroxyl groups is 2. The van der Waals surface area contributed by atoms with Crippen LogP contribution < -0.4 is 20.4 Å². The predicted octanol–water partition coefficient (Wildman–Crippen LogP) is 1.61. The number of carbonyl (C=O) groups is 3. The van der Waals surface area contributed by atoms with Crippen LogP contribution in [0.3, 0.4) is 0 Å². The first-order chi connectivity index (χ1) is 22.7. The Morgan fingerprint density at radius 1 is 1.19 bits per heavy atom. The van der Waals surface area contributed by atoms with Gasteiger partial charge in [0.05, 0.1) is 36.5 Å². The van der Waals surface area contributed by atoms with E-state index in [2.05, 4.69) is 10.2 Å². The van der Waals surface area contributed by atoms with E-state index in [1.54, 1.807) is 30.3 Å². The van der Waals surface area contributed by atoms with Gasteiger partial charge in [0.2, 0.25) is 5.91 Å². The number of hydrogen-bond acceptors (Lipinski definition) is 11. The fourth-order valence-corrected chi connectivity index (χ4v) is 6.45. The van der Waals surface area contributed by atoms with E-state index in [1.165, 1.54) is 30.2 Å². The van der Waals surface area contributed by atoms with Gasteiger partial charge in [0, 0.05) is 55.7 Å². The summed E-state index contributed by atoms with van der Waals surface area (Å²) in [6.45, 7) is 2.58. The smallest absolute Gasteiger partial charge is 0.349 e. The van der Waals surface area contributed by atoms with Gasteiger partial charge in [-0.1, -0.05) is 18.2 Å². The molecule has 5 rings (SSSR count). The van der Waals surface area contributed by atoms with Crippen LogP contribution in [0.15, 0.2) is 63.3 Å². The summed E-state index contributed by atoms with van der Waals surface area (Å²) in [5, 5.41) is 24.4. The number of hydrogen-bond donors (Lipinski definition) is 3. The first-order valence-corrected chi connectivity index (χ1v) is 16.2. The van der Waals surface area contributed by atoms with Crippen LogP contribution in [0.25, 0.3) is 11.0 Å². The largest absolute Gasteiger partial charge is 0.493 e. The van der Waals surface area contributed by atoms with Gasteiger partial charge in [-0.25, -0.2) is 4.79 Å². The van der Waals surface area contributed by atoms with Crippen LogP contribution in [-0.2, 0) is 9.53 Å². The van der Waals surface area contributed by atoms with Crippen LogP contribution in [0, 0.1) is 3.57 Å². The number of carbonyl (C=O) groups excluding carboxylic acids is 3. The van der Waals surface area contributed by atoms with Crippen molar-refractivity contribution in [1.29, 1.82) is 0 Å². The molecule has 0 unspecified atom stereocenters. The van der Waals surface area contributed by atoms with Gasteiger partial charge in [-0.2, -0.15) is 0 Å². The molecule has 3 aromatic rings. The third kappa shape index (κ3) is 8.01. The van der Waals surface area contributed by atoms with E-state index in [1.807, 2.05) is 22.6 Å². The van der Waals surface area contributed by atoms with Crippen molar-refractivity contribution < 1.29 is 43.2 Å². The van der Waals surface area contributed by atoms with E-state index in [-0.39, 0.29) is 48.8 Å². The molecule has 2 aromatic carbocycles. The number of aliphatic hydroxyl groups excluding tert-OH is 2. The highest BCUT2D eigenvalue weighted by Gasteiger charge is 2.42. The van der Waals surface area contributed by atoms with Crippen LogP contribution in [0.5, 0.6) is 11.5 Å². The molecule has 1 fully saturated rings. The van der Waals surface area contributed by atoms with Gasteiger partial charge in [-0.05, 0) is 52.9 Å². The molecule has 3 atom stereocenters. The number of aldehydes is 1. The summed E-state index contributed by atoms with van der Waals surface area (Å²) in [4.78, 5) is 55.7. The van der Waals surface area contributed by atoms with E-state index in [0.717, 1.165) is 0 Å².